The summed E-state index contributed by atoms with van der Waals surface area (Å²) < 4.78 is 0. The summed E-state index contributed by atoms with van der Waals surface area (Å²) in [6, 6.07) is 5.69. The maximum absolute atomic E-state index is 13.3. The van der Waals surface area contributed by atoms with Crippen molar-refractivity contribution in [1.82, 2.24) is 16.0 Å². The Morgan fingerprint density at radius 1 is 0.707 bits per heavy atom. The largest absolute Gasteiger partial charge is 0.508 e. The Morgan fingerprint density at radius 2 is 1.12 bits per heavy atom. The summed E-state index contributed by atoms with van der Waals surface area (Å²) in [6.07, 6.45) is -2.46. The van der Waals surface area contributed by atoms with Crippen LogP contribution in [0.25, 0.3) is 0 Å². The summed E-state index contributed by atoms with van der Waals surface area (Å²) in [5.41, 5.74) is 6.60. The van der Waals surface area contributed by atoms with Crippen molar-refractivity contribution in [2.45, 2.75) is 62.9 Å². The third kappa shape index (κ3) is 10.8. The van der Waals surface area contributed by atoms with Crippen molar-refractivity contribution in [2.24, 2.45) is 5.73 Å². The van der Waals surface area contributed by atoms with Gasteiger partial charge in [0.1, 0.15) is 35.7 Å². The lowest BCUT2D eigenvalue weighted by Crippen LogP contribution is -2.58. The lowest BCUT2D eigenvalue weighted by Gasteiger charge is -2.25. The van der Waals surface area contributed by atoms with Crippen molar-refractivity contribution in [3.05, 3.63) is 59.7 Å². The molecule has 0 aliphatic heterocycles. The van der Waals surface area contributed by atoms with Gasteiger partial charge in [-0.15, -0.1) is 0 Å². The highest BCUT2D eigenvalue weighted by molar-refractivity contribution is 5.94. The number of carbonyl (C=O) groups is 5. The van der Waals surface area contributed by atoms with E-state index in [0.29, 0.717) is 11.1 Å². The summed E-state index contributed by atoms with van der Waals surface area (Å²) in [4.78, 5) is 62.0. The number of nitrogens with one attached hydrogen (secondary N) is 3. The quantitative estimate of drug-likeness (QED) is 0.125. The summed E-state index contributed by atoms with van der Waals surface area (Å²) in [7, 11) is 0. The number of phenolic OH excluding ortho intramolecular Hbond substituents is 2. The second-order valence-corrected chi connectivity index (χ2v) is 9.46. The zero-order valence-corrected chi connectivity index (χ0v) is 22.2. The number of carboxylic acids is 2. The van der Waals surface area contributed by atoms with E-state index in [2.05, 4.69) is 16.0 Å². The number of aliphatic hydroxyl groups excluding tert-OH is 1. The Labute approximate surface area is 235 Å². The van der Waals surface area contributed by atoms with Gasteiger partial charge in [-0.2, -0.15) is 0 Å². The normalized spacial score (nSPS) is 14.5. The van der Waals surface area contributed by atoms with Gasteiger partial charge in [-0.3, -0.25) is 19.2 Å². The minimum Gasteiger partial charge on any atom is -0.508 e. The van der Waals surface area contributed by atoms with Gasteiger partial charge in [0.15, 0.2) is 0 Å². The smallest absolute Gasteiger partial charge is 0.326 e. The van der Waals surface area contributed by atoms with Crippen LogP contribution in [-0.4, -0.2) is 85.5 Å². The molecule has 14 nitrogen and oxygen atoms in total. The molecule has 2 aromatic rings. The number of phenols is 2. The van der Waals surface area contributed by atoms with Crippen molar-refractivity contribution in [3.8, 4) is 11.5 Å². The maximum atomic E-state index is 13.3. The van der Waals surface area contributed by atoms with E-state index in [1.165, 1.54) is 55.5 Å². The van der Waals surface area contributed by atoms with E-state index in [4.69, 9.17) is 10.8 Å². The molecule has 5 atom stereocenters. The topological polar surface area (TPSA) is 249 Å². The molecule has 0 saturated carbocycles. The molecule has 0 aliphatic carbocycles. The number of benzene rings is 2. The zero-order valence-electron chi connectivity index (χ0n) is 22.2. The molecule has 5 unspecified atom stereocenters. The Kier molecular flexibility index (Phi) is 12.0. The number of aromatic hydroxyl groups is 2. The highest BCUT2D eigenvalue weighted by Gasteiger charge is 2.31. The van der Waals surface area contributed by atoms with Crippen LogP contribution in [0.5, 0.6) is 11.5 Å². The number of carboxylic acid groups (broad SMARTS) is 2. The van der Waals surface area contributed by atoms with Gasteiger partial charge in [-0.05, 0) is 48.7 Å². The molecule has 10 N–H and O–H groups in total. The first-order valence-electron chi connectivity index (χ1n) is 12.6. The molecular weight excluding hydrogens is 540 g/mol. The number of aliphatic carboxylic acids is 2. The van der Waals surface area contributed by atoms with Crippen LogP contribution in [0.1, 0.15) is 30.9 Å². The fraction of sp³-hybridized carbons (Fsp3) is 0.370. The fourth-order valence-electron chi connectivity index (χ4n) is 3.71. The molecule has 2 rings (SSSR count). The van der Waals surface area contributed by atoms with Crippen LogP contribution in [0.4, 0.5) is 0 Å². The predicted octanol–water partition coefficient (Wildman–Crippen LogP) is -1.01. The van der Waals surface area contributed by atoms with Gasteiger partial charge in [0.05, 0.1) is 6.10 Å². The second kappa shape index (κ2) is 15.2. The molecule has 0 heterocycles. The lowest BCUT2D eigenvalue weighted by atomic mass is 10.0. The molecule has 0 spiro atoms. The molecule has 0 fully saturated rings. The molecule has 0 aliphatic rings. The number of rotatable bonds is 15. The van der Waals surface area contributed by atoms with Crippen LogP contribution in [0, 0.1) is 0 Å². The summed E-state index contributed by atoms with van der Waals surface area (Å²) >= 11 is 0. The average Bonchev–Trinajstić information content (AvgIpc) is 2.91. The number of amides is 3. The number of carbonyl (C=O) groups excluding carboxylic acids is 3. The van der Waals surface area contributed by atoms with E-state index in [0.717, 1.165) is 0 Å². The number of aliphatic hydroxyl groups is 1. The number of hydrogen-bond acceptors (Lipinski definition) is 9. The van der Waals surface area contributed by atoms with Crippen molar-refractivity contribution in [2.75, 3.05) is 0 Å². The first-order chi connectivity index (χ1) is 19.3. The first-order valence-corrected chi connectivity index (χ1v) is 12.6. The average molecular weight is 575 g/mol. The van der Waals surface area contributed by atoms with Gasteiger partial charge >= 0.3 is 11.9 Å². The van der Waals surface area contributed by atoms with Gasteiger partial charge < -0.3 is 47.2 Å². The zero-order chi connectivity index (χ0) is 30.7. The summed E-state index contributed by atoms with van der Waals surface area (Å²) in [5, 5.41) is 54.6. The Morgan fingerprint density at radius 3 is 1.56 bits per heavy atom. The molecule has 14 heteroatoms. The molecule has 2 aromatic carbocycles. The second-order valence-electron chi connectivity index (χ2n) is 9.46. The van der Waals surface area contributed by atoms with Crippen LogP contribution >= 0.6 is 0 Å². The molecule has 3 amide bonds. The number of nitrogens with two attached hydrogens (primary N) is 1. The Balaban J connectivity index is 2.30. The SMILES string of the molecule is CC(O)C(N)C(=O)NC(CCC(=O)O)C(=O)NC(Cc1ccc(O)cc1)C(=O)NC(Cc1ccc(O)cc1)C(=O)O. The molecule has 0 aromatic heterocycles. The molecule has 222 valence electrons. The molecule has 0 radical (unpaired) electrons. The standard InChI is InChI=1S/C27H34N4O10/c1-14(32)23(28)26(39)29-19(10-11-22(35)36)24(37)30-20(12-15-2-6-17(33)7-3-15)25(38)31-21(27(40)41)13-16-4-8-18(34)9-5-16/h2-9,14,19-21,23,32-34H,10-13,28H2,1H3,(H,29,39)(H,30,37)(H,31,38)(H,35,36)(H,40,41). The predicted molar refractivity (Wildman–Crippen MR) is 144 cm³/mol. The highest BCUT2D eigenvalue weighted by atomic mass is 16.4. The van der Waals surface area contributed by atoms with Crippen LogP contribution in [0.3, 0.4) is 0 Å². The van der Waals surface area contributed by atoms with Crippen LogP contribution in [0.2, 0.25) is 0 Å². The maximum Gasteiger partial charge on any atom is 0.326 e. The van der Waals surface area contributed by atoms with Crippen LogP contribution in [0.15, 0.2) is 48.5 Å². The third-order valence-corrected chi connectivity index (χ3v) is 6.10. The fourth-order valence-corrected chi connectivity index (χ4v) is 3.71. The monoisotopic (exact) mass is 574 g/mol. The van der Waals surface area contributed by atoms with Crippen molar-refractivity contribution in [1.29, 1.82) is 0 Å². The molecule has 0 saturated heterocycles. The van der Waals surface area contributed by atoms with Gasteiger partial charge in [-0.1, -0.05) is 24.3 Å². The molecule has 0 bridgehead atoms. The van der Waals surface area contributed by atoms with E-state index >= 15 is 0 Å². The molecular formula is C27H34N4O10. The first kappa shape index (κ1) is 32.5. The number of hydrogen-bond donors (Lipinski definition) is 9. The van der Waals surface area contributed by atoms with E-state index in [1.54, 1.807) is 0 Å². The van der Waals surface area contributed by atoms with Crippen LogP contribution < -0.4 is 21.7 Å². The Bertz CT molecular complexity index is 1220. The van der Waals surface area contributed by atoms with Gasteiger partial charge in [0.2, 0.25) is 17.7 Å². The third-order valence-electron chi connectivity index (χ3n) is 6.10. The van der Waals surface area contributed by atoms with Crippen molar-refractivity contribution in [3.63, 3.8) is 0 Å². The van der Waals surface area contributed by atoms with Gasteiger partial charge in [0.25, 0.3) is 0 Å². The van der Waals surface area contributed by atoms with E-state index in [1.807, 2.05) is 0 Å². The van der Waals surface area contributed by atoms with Crippen molar-refractivity contribution < 1.29 is 49.5 Å². The van der Waals surface area contributed by atoms with Crippen molar-refractivity contribution >= 4 is 29.7 Å². The minimum absolute atomic E-state index is 0.0275. The van der Waals surface area contributed by atoms with Gasteiger partial charge in [0, 0.05) is 19.3 Å². The van der Waals surface area contributed by atoms with Gasteiger partial charge in [-0.25, -0.2) is 4.79 Å². The minimum atomic E-state index is -1.45. The Hall–Kier alpha value is -4.69. The van der Waals surface area contributed by atoms with E-state index in [9.17, 15) is 44.4 Å². The lowest BCUT2D eigenvalue weighted by molar-refractivity contribution is -0.142. The summed E-state index contributed by atoms with van der Waals surface area (Å²) in [6.45, 7) is 1.26. The summed E-state index contributed by atoms with van der Waals surface area (Å²) in [5.74, 6) is -5.45. The van der Waals surface area contributed by atoms with Crippen LogP contribution in [-0.2, 0) is 36.8 Å². The van der Waals surface area contributed by atoms with E-state index in [-0.39, 0.29) is 30.8 Å². The molecule has 41 heavy (non-hydrogen) atoms. The highest BCUT2D eigenvalue weighted by Crippen LogP contribution is 2.14. The van der Waals surface area contributed by atoms with E-state index < -0.39 is 66.4 Å².